The van der Waals surface area contributed by atoms with Crippen LogP contribution in [0, 0.1) is 19.0 Å². The molecule has 0 bridgehead atoms. The van der Waals surface area contributed by atoms with Crippen molar-refractivity contribution < 1.29 is 8.78 Å². The van der Waals surface area contributed by atoms with Crippen molar-refractivity contribution in [3.8, 4) is 0 Å². The fourth-order valence-corrected chi connectivity index (χ4v) is 4.40. The van der Waals surface area contributed by atoms with Crippen molar-refractivity contribution in [1.29, 1.82) is 0 Å². The lowest BCUT2D eigenvalue weighted by molar-refractivity contribution is 0.596. The zero-order valence-electron chi connectivity index (χ0n) is 15.6. The Morgan fingerprint density at radius 1 is 0.821 bits per heavy atom. The van der Waals surface area contributed by atoms with E-state index in [2.05, 4.69) is 69.2 Å². The maximum absolute atomic E-state index is 13.0. The van der Waals surface area contributed by atoms with Gasteiger partial charge in [-0.25, -0.2) is 8.78 Å². The summed E-state index contributed by atoms with van der Waals surface area (Å²) >= 11 is 4.34. The van der Waals surface area contributed by atoms with Crippen molar-refractivity contribution in [1.82, 2.24) is 19.6 Å². The van der Waals surface area contributed by atoms with Gasteiger partial charge in [-0.05, 0) is 94.4 Å². The summed E-state index contributed by atoms with van der Waals surface area (Å²) in [4.78, 5) is 0. The lowest BCUT2D eigenvalue weighted by Gasteiger charge is -1.99. The molecule has 0 saturated carbocycles. The first kappa shape index (κ1) is 21.4. The Morgan fingerprint density at radius 2 is 1.43 bits per heavy atom. The van der Waals surface area contributed by atoms with E-state index in [1.54, 1.807) is 12.1 Å². The van der Waals surface area contributed by atoms with Crippen molar-refractivity contribution in [2.75, 3.05) is 0 Å². The van der Waals surface area contributed by atoms with Gasteiger partial charge in [0.1, 0.15) is 19.0 Å². The van der Waals surface area contributed by atoms with Crippen LogP contribution in [0.5, 0.6) is 0 Å². The standard InChI is InChI=1S/2C10H10FIN2/c1-2-5-14-9-4-3-7(11)6-8(9)10(12)13-14;1-2-5-14-10(12)8-6-7(11)3-4-9(8)13-14/h2*3-4,6H,2,5H2,1H3. The molecule has 0 N–H and O–H groups in total. The predicted octanol–water partition coefficient (Wildman–Crippen LogP) is 6.38. The Labute approximate surface area is 189 Å². The largest absolute Gasteiger partial charge is 0.264 e. The van der Waals surface area contributed by atoms with Crippen molar-refractivity contribution in [2.45, 2.75) is 39.8 Å². The van der Waals surface area contributed by atoms with Crippen molar-refractivity contribution in [3.63, 3.8) is 0 Å². The minimum absolute atomic E-state index is 0.202. The molecule has 2 aromatic heterocycles. The molecule has 148 valence electrons. The van der Waals surface area contributed by atoms with E-state index < -0.39 is 0 Å². The Hall–Kier alpha value is -1.30. The lowest BCUT2D eigenvalue weighted by Crippen LogP contribution is -2.00. The van der Waals surface area contributed by atoms with Crippen LogP contribution in [0.3, 0.4) is 0 Å². The van der Waals surface area contributed by atoms with Crippen molar-refractivity contribution >= 4 is 67.0 Å². The SMILES string of the molecule is CCCn1nc(I)c2cc(F)ccc21.CCCn1nc2ccc(F)cc2c1I. The molecule has 28 heavy (non-hydrogen) atoms. The number of halogens is 4. The van der Waals surface area contributed by atoms with Crippen LogP contribution >= 0.6 is 45.2 Å². The van der Waals surface area contributed by atoms with Gasteiger partial charge in [-0.15, -0.1) is 0 Å². The summed E-state index contributed by atoms with van der Waals surface area (Å²) in [6.07, 6.45) is 2.07. The zero-order chi connectivity index (χ0) is 20.3. The zero-order valence-corrected chi connectivity index (χ0v) is 19.9. The van der Waals surface area contributed by atoms with Crippen LogP contribution in [-0.4, -0.2) is 19.6 Å². The van der Waals surface area contributed by atoms with Gasteiger partial charge in [0, 0.05) is 23.9 Å². The number of aryl methyl sites for hydroxylation is 2. The third kappa shape index (κ3) is 4.64. The molecule has 0 fully saturated rings. The first-order valence-electron chi connectivity index (χ1n) is 9.07. The molecule has 0 spiro atoms. The van der Waals surface area contributed by atoms with Gasteiger partial charge in [-0.3, -0.25) is 9.36 Å². The summed E-state index contributed by atoms with van der Waals surface area (Å²) in [5.41, 5.74) is 1.88. The van der Waals surface area contributed by atoms with E-state index in [0.29, 0.717) is 0 Å². The number of hydrogen-bond acceptors (Lipinski definition) is 2. The molecule has 0 aliphatic heterocycles. The minimum atomic E-state index is -0.202. The van der Waals surface area contributed by atoms with Crippen molar-refractivity contribution in [3.05, 3.63) is 55.4 Å². The fraction of sp³-hybridized carbons (Fsp3) is 0.300. The maximum atomic E-state index is 13.0. The quantitative estimate of drug-likeness (QED) is 0.252. The van der Waals surface area contributed by atoms with Gasteiger partial charge >= 0.3 is 0 Å². The van der Waals surface area contributed by atoms with E-state index in [9.17, 15) is 8.78 Å². The molecular formula is C20H20F2I2N4. The highest BCUT2D eigenvalue weighted by Crippen LogP contribution is 2.22. The summed E-state index contributed by atoms with van der Waals surface area (Å²) in [5.74, 6) is -0.405. The third-order valence-electron chi connectivity index (χ3n) is 4.17. The molecule has 8 heteroatoms. The second kappa shape index (κ2) is 9.47. The topological polar surface area (TPSA) is 35.6 Å². The van der Waals surface area contributed by atoms with E-state index >= 15 is 0 Å². The molecule has 2 aromatic carbocycles. The van der Waals surface area contributed by atoms with Gasteiger partial charge in [-0.2, -0.15) is 10.2 Å². The predicted molar refractivity (Wildman–Crippen MR) is 125 cm³/mol. The Bertz CT molecular complexity index is 1100. The van der Waals surface area contributed by atoms with Crippen LogP contribution in [0.15, 0.2) is 36.4 Å². The molecule has 4 nitrogen and oxygen atoms in total. The van der Waals surface area contributed by atoms with E-state index in [1.807, 2.05) is 9.36 Å². The average Bonchev–Trinajstić information content (AvgIpc) is 3.14. The van der Waals surface area contributed by atoms with E-state index in [-0.39, 0.29) is 11.6 Å². The summed E-state index contributed by atoms with van der Waals surface area (Å²) < 4.78 is 31.7. The second-order valence-corrected chi connectivity index (χ2v) is 8.39. The number of nitrogens with zero attached hydrogens (tertiary/aromatic N) is 4. The van der Waals surface area contributed by atoms with E-state index in [0.717, 1.165) is 55.1 Å². The minimum Gasteiger partial charge on any atom is -0.264 e. The highest BCUT2D eigenvalue weighted by atomic mass is 127. The lowest BCUT2D eigenvalue weighted by atomic mass is 10.2. The molecule has 0 atom stereocenters. The highest BCUT2D eigenvalue weighted by molar-refractivity contribution is 14.1. The maximum Gasteiger partial charge on any atom is 0.131 e. The van der Waals surface area contributed by atoms with Crippen molar-refractivity contribution in [2.24, 2.45) is 0 Å². The smallest absolute Gasteiger partial charge is 0.131 e. The first-order valence-corrected chi connectivity index (χ1v) is 11.2. The third-order valence-corrected chi connectivity index (χ3v) is 6.11. The monoisotopic (exact) mass is 608 g/mol. The van der Waals surface area contributed by atoms with E-state index in [4.69, 9.17) is 0 Å². The summed E-state index contributed by atoms with van der Waals surface area (Å²) in [5, 5.41) is 10.5. The summed E-state index contributed by atoms with van der Waals surface area (Å²) in [6, 6.07) is 9.51. The van der Waals surface area contributed by atoms with Crippen LogP contribution in [0.1, 0.15) is 26.7 Å². The van der Waals surface area contributed by atoms with Gasteiger partial charge in [-0.1, -0.05) is 13.8 Å². The van der Waals surface area contributed by atoms with E-state index in [1.165, 1.54) is 24.3 Å². The molecular weight excluding hydrogens is 588 g/mol. The van der Waals surface area contributed by atoms with Crippen LogP contribution in [0.2, 0.25) is 0 Å². The number of hydrogen-bond donors (Lipinski definition) is 0. The van der Waals surface area contributed by atoms with Crippen LogP contribution in [0.4, 0.5) is 8.78 Å². The average molecular weight is 608 g/mol. The molecule has 0 radical (unpaired) electrons. The summed E-state index contributed by atoms with van der Waals surface area (Å²) in [6.45, 7) is 5.96. The number of fused-ring (bicyclic) bond motifs is 2. The Morgan fingerprint density at radius 3 is 2.11 bits per heavy atom. The molecule has 0 saturated heterocycles. The molecule has 4 rings (SSSR count). The molecule has 2 heterocycles. The van der Waals surface area contributed by atoms with Crippen LogP contribution < -0.4 is 0 Å². The fourth-order valence-electron chi connectivity index (χ4n) is 2.93. The number of rotatable bonds is 4. The Kier molecular flexibility index (Phi) is 7.24. The van der Waals surface area contributed by atoms with Gasteiger partial charge in [0.05, 0.1) is 11.0 Å². The molecule has 4 aromatic rings. The van der Waals surface area contributed by atoms with Gasteiger partial charge in [0.15, 0.2) is 0 Å². The summed E-state index contributed by atoms with van der Waals surface area (Å²) in [7, 11) is 0. The molecule has 0 aliphatic rings. The van der Waals surface area contributed by atoms with Crippen LogP contribution in [-0.2, 0) is 13.1 Å². The van der Waals surface area contributed by atoms with Gasteiger partial charge in [0.25, 0.3) is 0 Å². The Balaban J connectivity index is 0.000000161. The van der Waals surface area contributed by atoms with Gasteiger partial charge in [0.2, 0.25) is 0 Å². The number of benzene rings is 2. The molecule has 0 amide bonds. The van der Waals surface area contributed by atoms with Gasteiger partial charge < -0.3 is 0 Å². The number of aromatic nitrogens is 4. The highest BCUT2D eigenvalue weighted by Gasteiger charge is 2.09. The van der Waals surface area contributed by atoms with Crippen LogP contribution in [0.25, 0.3) is 21.8 Å². The normalized spacial score (nSPS) is 11.1. The molecule has 0 unspecified atom stereocenters. The molecule has 0 aliphatic carbocycles. The first-order chi connectivity index (χ1) is 13.4. The second-order valence-electron chi connectivity index (χ2n) is 6.35.